The lowest BCUT2D eigenvalue weighted by molar-refractivity contribution is 0.189. The second kappa shape index (κ2) is 5.74. The molecule has 2 nitrogen and oxygen atoms in total. The van der Waals surface area contributed by atoms with E-state index in [1.54, 1.807) is 0 Å². The molecule has 0 atom stereocenters. The third-order valence-corrected chi connectivity index (χ3v) is 4.23. The van der Waals surface area contributed by atoms with Crippen LogP contribution in [-0.2, 0) is 6.54 Å². The molecule has 1 aromatic carbocycles. The van der Waals surface area contributed by atoms with Crippen LogP contribution in [0.25, 0.3) is 0 Å². The summed E-state index contributed by atoms with van der Waals surface area (Å²) in [6.07, 6.45) is 4.77. The number of piperidine rings is 1. The lowest BCUT2D eigenvalue weighted by Gasteiger charge is -2.32. The summed E-state index contributed by atoms with van der Waals surface area (Å²) in [7, 11) is 0. The fourth-order valence-electron chi connectivity index (χ4n) is 2.88. The van der Waals surface area contributed by atoms with Gasteiger partial charge in [0, 0.05) is 18.6 Å². The normalized spacial score (nSPS) is 21.4. The van der Waals surface area contributed by atoms with E-state index >= 15 is 0 Å². The van der Waals surface area contributed by atoms with Gasteiger partial charge in [0.15, 0.2) is 17.5 Å². The topological polar surface area (TPSA) is 15.3 Å². The monoisotopic (exact) mass is 284 g/mol. The Bertz CT molecular complexity index is 457. The van der Waals surface area contributed by atoms with Crippen LogP contribution in [0, 0.1) is 17.5 Å². The Balaban J connectivity index is 1.50. The molecule has 0 bridgehead atoms. The highest BCUT2D eigenvalue weighted by Crippen LogP contribution is 2.29. The number of benzene rings is 1. The van der Waals surface area contributed by atoms with Crippen LogP contribution < -0.4 is 5.32 Å². The highest BCUT2D eigenvalue weighted by Gasteiger charge is 2.31. The Morgan fingerprint density at radius 2 is 1.60 bits per heavy atom. The van der Waals surface area contributed by atoms with Crippen LogP contribution in [0.3, 0.4) is 0 Å². The van der Waals surface area contributed by atoms with E-state index in [1.807, 2.05) is 0 Å². The molecule has 0 amide bonds. The van der Waals surface area contributed by atoms with Crippen molar-refractivity contribution in [2.24, 2.45) is 0 Å². The Kier molecular flexibility index (Phi) is 3.98. The van der Waals surface area contributed by atoms with Crippen molar-refractivity contribution >= 4 is 0 Å². The van der Waals surface area contributed by atoms with Gasteiger partial charge in [-0.1, -0.05) is 0 Å². The van der Waals surface area contributed by atoms with Gasteiger partial charge >= 0.3 is 0 Å². The molecule has 1 aromatic rings. The molecule has 5 heteroatoms. The van der Waals surface area contributed by atoms with Crippen molar-refractivity contribution in [3.8, 4) is 0 Å². The van der Waals surface area contributed by atoms with Crippen LogP contribution in [0.5, 0.6) is 0 Å². The predicted octanol–water partition coefficient (Wildman–Crippen LogP) is 2.82. The maximum atomic E-state index is 13.1. The highest BCUT2D eigenvalue weighted by atomic mass is 19.2. The number of nitrogens with zero attached hydrogens (tertiary/aromatic N) is 1. The maximum Gasteiger partial charge on any atom is 0.194 e. The Hall–Kier alpha value is -1.07. The quantitative estimate of drug-likeness (QED) is 0.855. The van der Waals surface area contributed by atoms with Gasteiger partial charge in [0.2, 0.25) is 0 Å². The highest BCUT2D eigenvalue weighted by molar-refractivity contribution is 5.19. The second-order valence-electron chi connectivity index (χ2n) is 5.80. The van der Waals surface area contributed by atoms with Crippen molar-refractivity contribution in [2.75, 3.05) is 13.1 Å². The maximum absolute atomic E-state index is 13.1. The first kappa shape index (κ1) is 13.9. The number of nitrogens with one attached hydrogen (secondary N) is 1. The largest absolute Gasteiger partial charge is 0.310 e. The average Bonchev–Trinajstić information content (AvgIpc) is 3.27. The number of likely N-dealkylation sites (tertiary alicyclic amines) is 1. The van der Waals surface area contributed by atoms with Gasteiger partial charge < -0.3 is 10.2 Å². The van der Waals surface area contributed by atoms with E-state index in [1.165, 1.54) is 12.8 Å². The van der Waals surface area contributed by atoms with Crippen molar-refractivity contribution in [3.63, 3.8) is 0 Å². The van der Waals surface area contributed by atoms with Gasteiger partial charge in [0.05, 0.1) is 0 Å². The average molecular weight is 284 g/mol. The summed E-state index contributed by atoms with van der Waals surface area (Å²) in [5.74, 6) is -3.64. The van der Waals surface area contributed by atoms with Gasteiger partial charge in [0.25, 0.3) is 0 Å². The molecule has 1 aliphatic carbocycles. The van der Waals surface area contributed by atoms with Crippen molar-refractivity contribution in [1.29, 1.82) is 0 Å². The molecule has 0 aromatic heterocycles. The first-order valence-corrected chi connectivity index (χ1v) is 7.24. The molecule has 1 heterocycles. The first-order valence-electron chi connectivity index (χ1n) is 7.24. The summed E-state index contributed by atoms with van der Waals surface area (Å²) in [6, 6.07) is 3.30. The van der Waals surface area contributed by atoms with Crippen LogP contribution in [0.1, 0.15) is 31.2 Å². The molecule has 2 aliphatic rings. The zero-order valence-electron chi connectivity index (χ0n) is 11.3. The molecule has 0 unspecified atom stereocenters. The van der Waals surface area contributed by atoms with E-state index < -0.39 is 17.5 Å². The summed E-state index contributed by atoms with van der Waals surface area (Å²) in [6.45, 7) is 2.56. The molecular weight excluding hydrogens is 265 g/mol. The van der Waals surface area contributed by atoms with E-state index in [9.17, 15) is 13.2 Å². The fourth-order valence-corrected chi connectivity index (χ4v) is 2.88. The van der Waals surface area contributed by atoms with Crippen molar-refractivity contribution in [3.05, 3.63) is 35.1 Å². The van der Waals surface area contributed by atoms with Gasteiger partial charge in [-0.3, -0.25) is 0 Å². The summed E-state index contributed by atoms with van der Waals surface area (Å²) in [4.78, 5) is 2.52. The molecule has 110 valence electrons. The van der Waals surface area contributed by atoms with Gasteiger partial charge in [-0.05, 0) is 56.5 Å². The molecule has 1 saturated carbocycles. The molecule has 0 radical (unpaired) electrons. The molecule has 2 fully saturated rings. The third-order valence-electron chi connectivity index (χ3n) is 4.23. The Morgan fingerprint density at radius 1 is 1.00 bits per heavy atom. The van der Waals surface area contributed by atoms with E-state index in [0.29, 0.717) is 18.2 Å². The SMILES string of the molecule is Fc1cc(CNC2CCN(C3CC3)CC2)cc(F)c1F. The summed E-state index contributed by atoms with van der Waals surface area (Å²) >= 11 is 0. The second-order valence-corrected chi connectivity index (χ2v) is 5.80. The van der Waals surface area contributed by atoms with E-state index in [-0.39, 0.29) is 0 Å². The number of hydrogen-bond donors (Lipinski definition) is 1. The predicted molar refractivity (Wildman–Crippen MR) is 70.8 cm³/mol. The molecule has 0 spiro atoms. The van der Waals surface area contributed by atoms with E-state index in [0.717, 1.165) is 44.1 Å². The minimum atomic E-state index is -1.40. The zero-order valence-corrected chi connectivity index (χ0v) is 11.3. The molecular formula is C15H19F3N2. The minimum absolute atomic E-state index is 0.376. The Morgan fingerprint density at radius 3 is 2.15 bits per heavy atom. The van der Waals surface area contributed by atoms with Gasteiger partial charge in [-0.25, -0.2) is 13.2 Å². The Labute approximate surface area is 117 Å². The van der Waals surface area contributed by atoms with Crippen LogP contribution in [0.15, 0.2) is 12.1 Å². The summed E-state index contributed by atoms with van der Waals surface area (Å²) < 4.78 is 39.1. The number of hydrogen-bond acceptors (Lipinski definition) is 2. The number of rotatable bonds is 4. The fraction of sp³-hybridized carbons (Fsp3) is 0.600. The van der Waals surface area contributed by atoms with Crippen molar-refractivity contribution < 1.29 is 13.2 Å². The molecule has 1 aliphatic heterocycles. The van der Waals surface area contributed by atoms with E-state index in [2.05, 4.69) is 10.2 Å². The summed E-state index contributed by atoms with van der Waals surface area (Å²) in [5, 5.41) is 3.31. The van der Waals surface area contributed by atoms with Crippen LogP contribution in [-0.4, -0.2) is 30.1 Å². The van der Waals surface area contributed by atoms with Gasteiger partial charge in [-0.2, -0.15) is 0 Å². The molecule has 1 saturated heterocycles. The minimum Gasteiger partial charge on any atom is -0.310 e. The molecule has 3 rings (SSSR count). The van der Waals surface area contributed by atoms with Crippen LogP contribution >= 0.6 is 0 Å². The lowest BCUT2D eigenvalue weighted by Crippen LogP contribution is -2.43. The molecule has 1 N–H and O–H groups in total. The number of halogens is 3. The standard InChI is InChI=1S/C15H19F3N2/c16-13-7-10(8-14(17)15(13)18)9-19-11-3-5-20(6-4-11)12-1-2-12/h7-8,11-12,19H,1-6,9H2. The smallest absolute Gasteiger partial charge is 0.194 e. The third kappa shape index (κ3) is 3.15. The van der Waals surface area contributed by atoms with Gasteiger partial charge in [0.1, 0.15) is 0 Å². The van der Waals surface area contributed by atoms with Gasteiger partial charge in [-0.15, -0.1) is 0 Å². The first-order chi connectivity index (χ1) is 9.63. The van der Waals surface area contributed by atoms with Crippen molar-refractivity contribution in [1.82, 2.24) is 10.2 Å². The van der Waals surface area contributed by atoms with E-state index in [4.69, 9.17) is 0 Å². The molecule has 20 heavy (non-hydrogen) atoms. The summed E-state index contributed by atoms with van der Waals surface area (Å²) in [5.41, 5.74) is 0.450. The lowest BCUT2D eigenvalue weighted by atomic mass is 10.0. The van der Waals surface area contributed by atoms with Crippen LogP contribution in [0.2, 0.25) is 0 Å². The van der Waals surface area contributed by atoms with Crippen LogP contribution in [0.4, 0.5) is 13.2 Å². The zero-order chi connectivity index (χ0) is 14.1. The van der Waals surface area contributed by atoms with Crippen molar-refractivity contribution in [2.45, 2.75) is 44.3 Å².